The first-order valence-corrected chi connectivity index (χ1v) is 5.96. The quantitative estimate of drug-likeness (QED) is 0.773. The maximum absolute atomic E-state index is 5.33. The largest absolute Gasteiger partial charge is 0.497 e. The van der Waals surface area contributed by atoms with Gasteiger partial charge in [-0.05, 0) is 24.1 Å². The van der Waals surface area contributed by atoms with E-state index in [1.165, 1.54) is 0 Å². The lowest BCUT2D eigenvalue weighted by Crippen LogP contribution is -2.47. The lowest BCUT2D eigenvalue weighted by molar-refractivity contribution is 0.329. The molecule has 2 N–H and O–H groups in total. The number of methoxy groups -OCH3 is 2. The van der Waals surface area contributed by atoms with Crippen molar-refractivity contribution in [3.05, 3.63) is 23.8 Å². The average Bonchev–Trinajstić information content (AvgIpc) is 2.32. The van der Waals surface area contributed by atoms with Crippen molar-refractivity contribution in [2.45, 2.75) is 6.54 Å². The van der Waals surface area contributed by atoms with E-state index in [2.05, 4.69) is 10.6 Å². The zero-order valence-corrected chi connectivity index (χ0v) is 10.5. The summed E-state index contributed by atoms with van der Waals surface area (Å²) in [7, 11) is 3.38. The number of hydrogen-bond acceptors (Lipinski definition) is 4. The zero-order chi connectivity index (χ0) is 12.1. The summed E-state index contributed by atoms with van der Waals surface area (Å²) in [5.41, 5.74) is 1.14. The molecule has 0 saturated carbocycles. The Balaban J connectivity index is 1.91. The summed E-state index contributed by atoms with van der Waals surface area (Å²) in [6.07, 6.45) is 0. The fourth-order valence-corrected chi connectivity index (χ4v) is 1.92. The molecule has 1 saturated heterocycles. The van der Waals surface area contributed by atoms with Crippen LogP contribution in [0.4, 0.5) is 0 Å². The molecule has 1 fully saturated rings. The Morgan fingerprint density at radius 1 is 1.29 bits per heavy atom. The highest BCUT2D eigenvalue weighted by molar-refractivity contribution is 5.40. The smallest absolute Gasteiger partial charge is 0.123 e. The van der Waals surface area contributed by atoms with E-state index in [9.17, 15) is 0 Å². The molecule has 1 aliphatic heterocycles. The van der Waals surface area contributed by atoms with Crippen LogP contribution in [0.15, 0.2) is 18.2 Å². The highest BCUT2D eigenvalue weighted by Gasteiger charge is 2.15. The van der Waals surface area contributed by atoms with Gasteiger partial charge in [-0.15, -0.1) is 0 Å². The summed E-state index contributed by atoms with van der Waals surface area (Å²) >= 11 is 0. The first kappa shape index (κ1) is 12.2. The molecule has 94 valence electrons. The molecule has 0 spiro atoms. The Labute approximate surface area is 102 Å². The minimum absolute atomic E-state index is 0.770. The molecular weight excluding hydrogens is 216 g/mol. The summed E-state index contributed by atoms with van der Waals surface area (Å²) in [6, 6.07) is 5.88. The number of nitrogens with one attached hydrogen (secondary N) is 2. The molecule has 0 aromatic heterocycles. The van der Waals surface area contributed by atoms with Crippen LogP contribution in [0.2, 0.25) is 0 Å². The Morgan fingerprint density at radius 2 is 2.12 bits per heavy atom. The van der Waals surface area contributed by atoms with Gasteiger partial charge in [0.25, 0.3) is 0 Å². The van der Waals surface area contributed by atoms with Gasteiger partial charge < -0.3 is 20.1 Å². The first-order chi connectivity index (χ1) is 8.33. The lowest BCUT2D eigenvalue weighted by atomic mass is 10.0. The van der Waals surface area contributed by atoms with Gasteiger partial charge in [-0.3, -0.25) is 0 Å². The van der Waals surface area contributed by atoms with Gasteiger partial charge in [-0.2, -0.15) is 0 Å². The molecule has 0 aliphatic carbocycles. The predicted octanol–water partition coefficient (Wildman–Crippen LogP) is 1.01. The highest BCUT2D eigenvalue weighted by atomic mass is 16.5. The minimum Gasteiger partial charge on any atom is -0.497 e. The molecule has 0 radical (unpaired) electrons. The standard InChI is InChI=1S/C13H20N2O2/c1-16-12-3-4-13(17-2)11(5-12)9-15-8-10-6-14-7-10/h3-5,10,14-15H,6-9H2,1-2H3. The molecule has 4 nitrogen and oxygen atoms in total. The van der Waals surface area contributed by atoms with Crippen LogP contribution in [-0.4, -0.2) is 33.9 Å². The Kier molecular flexibility index (Phi) is 4.23. The number of benzene rings is 1. The summed E-state index contributed by atoms with van der Waals surface area (Å²) in [5, 5.41) is 6.72. The van der Waals surface area contributed by atoms with Crippen molar-refractivity contribution in [3.63, 3.8) is 0 Å². The Hall–Kier alpha value is -1.26. The van der Waals surface area contributed by atoms with Crippen molar-refractivity contribution in [1.82, 2.24) is 10.6 Å². The van der Waals surface area contributed by atoms with Gasteiger partial charge >= 0.3 is 0 Å². The van der Waals surface area contributed by atoms with Crippen LogP contribution in [0.1, 0.15) is 5.56 Å². The number of ether oxygens (including phenoxy) is 2. The maximum Gasteiger partial charge on any atom is 0.123 e. The fourth-order valence-electron chi connectivity index (χ4n) is 1.92. The van der Waals surface area contributed by atoms with Crippen molar-refractivity contribution in [1.29, 1.82) is 0 Å². The van der Waals surface area contributed by atoms with Gasteiger partial charge in [0.2, 0.25) is 0 Å². The van der Waals surface area contributed by atoms with Crippen molar-refractivity contribution >= 4 is 0 Å². The molecule has 0 unspecified atom stereocenters. The number of hydrogen-bond donors (Lipinski definition) is 2. The van der Waals surface area contributed by atoms with Crippen LogP contribution < -0.4 is 20.1 Å². The predicted molar refractivity (Wildman–Crippen MR) is 67.6 cm³/mol. The molecule has 0 amide bonds. The Bertz CT molecular complexity index is 364. The van der Waals surface area contributed by atoms with Gasteiger partial charge in [0.05, 0.1) is 14.2 Å². The van der Waals surface area contributed by atoms with Crippen LogP contribution in [0.5, 0.6) is 11.5 Å². The van der Waals surface area contributed by atoms with E-state index in [-0.39, 0.29) is 0 Å². The molecule has 0 bridgehead atoms. The molecule has 1 aliphatic rings. The van der Waals surface area contributed by atoms with Crippen LogP contribution >= 0.6 is 0 Å². The van der Waals surface area contributed by atoms with Crippen molar-refractivity contribution in [3.8, 4) is 11.5 Å². The topological polar surface area (TPSA) is 42.5 Å². The first-order valence-electron chi connectivity index (χ1n) is 5.96. The van der Waals surface area contributed by atoms with Gasteiger partial charge in [0.1, 0.15) is 11.5 Å². The SMILES string of the molecule is COc1ccc(OC)c(CNCC2CNC2)c1. The second-order valence-electron chi connectivity index (χ2n) is 4.33. The van der Waals surface area contributed by atoms with Crippen molar-refractivity contribution < 1.29 is 9.47 Å². The van der Waals surface area contributed by atoms with Gasteiger partial charge in [-0.1, -0.05) is 0 Å². The second-order valence-corrected chi connectivity index (χ2v) is 4.33. The third-order valence-corrected chi connectivity index (χ3v) is 3.10. The fraction of sp³-hybridized carbons (Fsp3) is 0.538. The van der Waals surface area contributed by atoms with Crippen LogP contribution in [0, 0.1) is 5.92 Å². The van der Waals surface area contributed by atoms with E-state index >= 15 is 0 Å². The Morgan fingerprint density at radius 3 is 2.71 bits per heavy atom. The summed E-state index contributed by atoms with van der Waals surface area (Å²) in [6.45, 7) is 4.12. The molecule has 1 aromatic carbocycles. The van der Waals surface area contributed by atoms with Gasteiger partial charge in [0.15, 0.2) is 0 Å². The van der Waals surface area contributed by atoms with E-state index in [4.69, 9.17) is 9.47 Å². The number of rotatable bonds is 6. The third-order valence-electron chi connectivity index (χ3n) is 3.10. The third kappa shape index (κ3) is 3.11. The maximum atomic E-state index is 5.33. The molecule has 2 rings (SSSR count). The average molecular weight is 236 g/mol. The molecule has 0 atom stereocenters. The normalized spacial score (nSPS) is 15.4. The summed E-state index contributed by atoms with van der Waals surface area (Å²) in [5.74, 6) is 2.55. The lowest BCUT2D eigenvalue weighted by Gasteiger charge is -2.27. The van der Waals surface area contributed by atoms with Crippen LogP contribution in [-0.2, 0) is 6.54 Å². The molecule has 1 aromatic rings. The van der Waals surface area contributed by atoms with E-state index in [1.807, 2.05) is 18.2 Å². The molecule has 17 heavy (non-hydrogen) atoms. The second kappa shape index (κ2) is 5.89. The van der Waals surface area contributed by atoms with Crippen LogP contribution in [0.25, 0.3) is 0 Å². The highest BCUT2D eigenvalue weighted by Crippen LogP contribution is 2.23. The van der Waals surface area contributed by atoms with E-state index in [0.29, 0.717) is 0 Å². The van der Waals surface area contributed by atoms with E-state index in [1.54, 1.807) is 14.2 Å². The molecule has 1 heterocycles. The molecular formula is C13H20N2O2. The monoisotopic (exact) mass is 236 g/mol. The van der Waals surface area contributed by atoms with E-state index < -0.39 is 0 Å². The summed E-state index contributed by atoms with van der Waals surface area (Å²) in [4.78, 5) is 0. The molecule has 4 heteroatoms. The van der Waals surface area contributed by atoms with E-state index in [0.717, 1.165) is 49.2 Å². The van der Waals surface area contributed by atoms with Crippen molar-refractivity contribution in [2.75, 3.05) is 33.9 Å². The van der Waals surface area contributed by atoms with Crippen molar-refractivity contribution in [2.24, 2.45) is 5.92 Å². The minimum atomic E-state index is 0.770. The zero-order valence-electron chi connectivity index (χ0n) is 10.5. The summed E-state index contributed by atoms with van der Waals surface area (Å²) < 4.78 is 10.6. The van der Waals surface area contributed by atoms with Crippen LogP contribution in [0.3, 0.4) is 0 Å². The van der Waals surface area contributed by atoms with Gasteiger partial charge in [-0.25, -0.2) is 0 Å². The van der Waals surface area contributed by atoms with Gasteiger partial charge in [0, 0.05) is 31.7 Å².